The fourth-order valence-electron chi connectivity index (χ4n) is 1.71. The second-order valence-corrected chi connectivity index (χ2v) is 4.17. The van der Waals surface area contributed by atoms with Gasteiger partial charge in [0.15, 0.2) is 0 Å². The summed E-state index contributed by atoms with van der Waals surface area (Å²) in [6.45, 7) is 2.90. The van der Waals surface area contributed by atoms with Crippen molar-refractivity contribution in [1.82, 2.24) is 5.32 Å². The number of hydrogen-bond acceptors (Lipinski definition) is 3. The van der Waals surface area contributed by atoms with Gasteiger partial charge < -0.3 is 14.8 Å². The van der Waals surface area contributed by atoms with E-state index < -0.39 is 12.6 Å². The molecule has 0 radical (unpaired) electrons. The molecule has 3 nitrogen and oxygen atoms in total. The number of alkyl halides is 3. The fourth-order valence-corrected chi connectivity index (χ4v) is 1.71. The lowest BCUT2D eigenvalue weighted by molar-refractivity contribution is -0.137. The van der Waals surface area contributed by atoms with Gasteiger partial charge in [0, 0.05) is 38.8 Å². The minimum absolute atomic E-state index is 0.0424. The topological polar surface area (TPSA) is 30.5 Å². The Balaban J connectivity index is 1.84. The first kappa shape index (κ1) is 14.7. The van der Waals surface area contributed by atoms with Crippen molar-refractivity contribution >= 4 is 0 Å². The third-order valence-electron chi connectivity index (χ3n) is 2.65. The molecular weight excluding hydrogens is 235 g/mol. The zero-order valence-electron chi connectivity index (χ0n) is 9.89. The first-order valence-electron chi connectivity index (χ1n) is 6.03. The molecule has 1 rings (SSSR count). The Hall–Kier alpha value is -0.330. The number of ether oxygens (including phenoxy) is 2. The first-order valence-corrected chi connectivity index (χ1v) is 6.03. The van der Waals surface area contributed by atoms with Gasteiger partial charge in [0.1, 0.15) is 0 Å². The summed E-state index contributed by atoms with van der Waals surface area (Å²) in [4.78, 5) is 0. The van der Waals surface area contributed by atoms with E-state index in [1.54, 1.807) is 0 Å². The second kappa shape index (κ2) is 7.89. The molecule has 0 atom stereocenters. The van der Waals surface area contributed by atoms with Gasteiger partial charge >= 0.3 is 6.18 Å². The van der Waals surface area contributed by atoms with E-state index in [2.05, 4.69) is 5.32 Å². The van der Waals surface area contributed by atoms with E-state index in [0.717, 1.165) is 26.1 Å². The van der Waals surface area contributed by atoms with Crippen LogP contribution in [0.5, 0.6) is 0 Å². The highest BCUT2D eigenvalue weighted by Crippen LogP contribution is 2.20. The third kappa shape index (κ3) is 8.40. The molecule has 0 aromatic heterocycles. The van der Waals surface area contributed by atoms with Gasteiger partial charge in [0.05, 0.1) is 6.61 Å². The first-order chi connectivity index (χ1) is 8.08. The van der Waals surface area contributed by atoms with E-state index in [1.165, 1.54) is 0 Å². The summed E-state index contributed by atoms with van der Waals surface area (Å²) in [6, 6.07) is 0.461. The Kier molecular flexibility index (Phi) is 6.84. The maximum atomic E-state index is 11.8. The lowest BCUT2D eigenvalue weighted by Crippen LogP contribution is -2.36. The van der Waals surface area contributed by atoms with Gasteiger partial charge in [-0.1, -0.05) is 0 Å². The van der Waals surface area contributed by atoms with Crippen LogP contribution in [0.15, 0.2) is 0 Å². The van der Waals surface area contributed by atoms with Gasteiger partial charge in [-0.2, -0.15) is 13.2 Å². The van der Waals surface area contributed by atoms with E-state index in [-0.39, 0.29) is 13.0 Å². The summed E-state index contributed by atoms with van der Waals surface area (Å²) < 4.78 is 45.7. The van der Waals surface area contributed by atoms with Crippen molar-refractivity contribution in [3.05, 3.63) is 0 Å². The zero-order chi connectivity index (χ0) is 12.6. The normalized spacial score (nSPS) is 18.5. The van der Waals surface area contributed by atoms with Crippen molar-refractivity contribution in [1.29, 1.82) is 0 Å². The molecule has 1 saturated heterocycles. The molecule has 1 aliphatic heterocycles. The van der Waals surface area contributed by atoms with Crippen LogP contribution in [0, 0.1) is 0 Å². The monoisotopic (exact) mass is 255 g/mol. The van der Waals surface area contributed by atoms with Crippen LogP contribution < -0.4 is 5.32 Å². The Morgan fingerprint density at radius 2 is 1.88 bits per heavy atom. The van der Waals surface area contributed by atoms with E-state index in [0.29, 0.717) is 19.2 Å². The third-order valence-corrected chi connectivity index (χ3v) is 2.65. The minimum Gasteiger partial charge on any atom is -0.381 e. The average Bonchev–Trinajstić information content (AvgIpc) is 2.28. The Labute approximate surface area is 99.7 Å². The number of halogens is 3. The van der Waals surface area contributed by atoms with Gasteiger partial charge in [-0.3, -0.25) is 0 Å². The highest BCUT2D eigenvalue weighted by molar-refractivity contribution is 4.69. The van der Waals surface area contributed by atoms with Crippen LogP contribution in [0.4, 0.5) is 13.2 Å². The van der Waals surface area contributed by atoms with E-state index in [1.807, 2.05) is 0 Å². The van der Waals surface area contributed by atoms with Gasteiger partial charge in [0.25, 0.3) is 0 Å². The summed E-state index contributed by atoms with van der Waals surface area (Å²) in [7, 11) is 0. The van der Waals surface area contributed by atoms with E-state index in [4.69, 9.17) is 9.47 Å². The van der Waals surface area contributed by atoms with Crippen LogP contribution in [0.3, 0.4) is 0 Å². The largest absolute Gasteiger partial charge is 0.389 e. The maximum Gasteiger partial charge on any atom is 0.389 e. The summed E-state index contributed by atoms with van der Waals surface area (Å²) in [6.07, 6.45) is -2.80. The molecule has 0 spiro atoms. The molecule has 0 aliphatic carbocycles. The van der Waals surface area contributed by atoms with Crippen LogP contribution in [0.2, 0.25) is 0 Å². The molecule has 1 heterocycles. The number of rotatable bonds is 7. The molecule has 17 heavy (non-hydrogen) atoms. The molecule has 1 N–H and O–H groups in total. The lowest BCUT2D eigenvalue weighted by Gasteiger charge is -2.23. The smallest absolute Gasteiger partial charge is 0.381 e. The highest BCUT2D eigenvalue weighted by atomic mass is 19.4. The second-order valence-electron chi connectivity index (χ2n) is 4.17. The summed E-state index contributed by atoms with van der Waals surface area (Å²) in [5.41, 5.74) is 0. The van der Waals surface area contributed by atoms with Crippen molar-refractivity contribution in [2.45, 2.75) is 37.9 Å². The molecule has 0 amide bonds. The van der Waals surface area contributed by atoms with Crippen molar-refractivity contribution in [3.63, 3.8) is 0 Å². The Morgan fingerprint density at radius 3 is 2.53 bits per heavy atom. The van der Waals surface area contributed by atoms with Crippen LogP contribution in [0.1, 0.15) is 25.7 Å². The van der Waals surface area contributed by atoms with Crippen LogP contribution in [-0.2, 0) is 9.47 Å². The van der Waals surface area contributed by atoms with Crippen LogP contribution in [-0.4, -0.2) is 45.2 Å². The SMILES string of the molecule is FC(F)(F)CCCOCCNC1CCOCC1. The Morgan fingerprint density at radius 1 is 1.18 bits per heavy atom. The predicted octanol–water partition coefficient (Wildman–Crippen LogP) is 2.11. The van der Waals surface area contributed by atoms with Crippen molar-refractivity contribution in [2.75, 3.05) is 33.0 Å². The molecular formula is C11H20F3NO2. The zero-order valence-corrected chi connectivity index (χ0v) is 9.89. The quantitative estimate of drug-likeness (QED) is 0.707. The molecule has 6 heteroatoms. The molecule has 0 unspecified atom stereocenters. The van der Waals surface area contributed by atoms with Gasteiger partial charge in [-0.25, -0.2) is 0 Å². The molecule has 0 saturated carbocycles. The molecule has 1 aliphatic rings. The van der Waals surface area contributed by atoms with Crippen molar-refractivity contribution in [2.24, 2.45) is 0 Å². The van der Waals surface area contributed by atoms with Crippen molar-refractivity contribution < 1.29 is 22.6 Å². The highest BCUT2D eigenvalue weighted by Gasteiger charge is 2.25. The standard InChI is InChI=1S/C11H20F3NO2/c12-11(13,14)4-1-6-16-9-5-15-10-2-7-17-8-3-10/h10,15H,1-9H2. The molecule has 0 bridgehead atoms. The fraction of sp³-hybridized carbons (Fsp3) is 1.00. The molecule has 1 fully saturated rings. The lowest BCUT2D eigenvalue weighted by atomic mass is 10.1. The number of hydrogen-bond donors (Lipinski definition) is 1. The van der Waals surface area contributed by atoms with Gasteiger partial charge in [-0.15, -0.1) is 0 Å². The van der Waals surface area contributed by atoms with E-state index >= 15 is 0 Å². The summed E-state index contributed by atoms with van der Waals surface area (Å²) in [5.74, 6) is 0. The average molecular weight is 255 g/mol. The van der Waals surface area contributed by atoms with Crippen molar-refractivity contribution in [3.8, 4) is 0 Å². The molecule has 102 valence electrons. The summed E-state index contributed by atoms with van der Waals surface area (Å²) >= 11 is 0. The van der Waals surface area contributed by atoms with Gasteiger partial charge in [0.2, 0.25) is 0 Å². The Bertz CT molecular complexity index is 194. The molecule has 0 aromatic rings. The summed E-state index contributed by atoms with van der Waals surface area (Å²) in [5, 5.41) is 3.30. The van der Waals surface area contributed by atoms with E-state index in [9.17, 15) is 13.2 Å². The van der Waals surface area contributed by atoms with Gasteiger partial charge in [-0.05, 0) is 19.3 Å². The predicted molar refractivity (Wildman–Crippen MR) is 58.0 cm³/mol. The maximum absolute atomic E-state index is 11.8. The number of nitrogens with one attached hydrogen (secondary N) is 1. The van der Waals surface area contributed by atoms with Crippen LogP contribution >= 0.6 is 0 Å². The minimum atomic E-state index is -4.07. The molecule has 0 aromatic carbocycles. The van der Waals surface area contributed by atoms with Crippen LogP contribution in [0.25, 0.3) is 0 Å².